The highest BCUT2D eigenvalue weighted by atomic mass is 16.2. The molecular formula is C21H30N4O2. The molecule has 1 fully saturated rings. The Morgan fingerprint density at radius 3 is 2.85 bits per heavy atom. The van der Waals surface area contributed by atoms with E-state index in [0.717, 1.165) is 51.5 Å². The van der Waals surface area contributed by atoms with Crippen molar-refractivity contribution in [3.63, 3.8) is 0 Å². The highest BCUT2D eigenvalue weighted by Crippen LogP contribution is 2.23. The van der Waals surface area contributed by atoms with Gasteiger partial charge in [-0.2, -0.15) is 0 Å². The summed E-state index contributed by atoms with van der Waals surface area (Å²) < 4.78 is 1.75. The Morgan fingerprint density at radius 1 is 1.22 bits per heavy atom. The zero-order chi connectivity index (χ0) is 19.2. The van der Waals surface area contributed by atoms with Crippen LogP contribution in [0.5, 0.6) is 0 Å². The number of pyridine rings is 1. The van der Waals surface area contributed by atoms with Gasteiger partial charge in [0.25, 0.3) is 11.8 Å². The molecule has 1 aliphatic rings. The molecule has 1 atom stereocenters. The Bertz CT molecular complexity index is 799. The molecule has 0 spiro atoms. The number of piperidine rings is 1. The second kappa shape index (κ2) is 9.02. The number of rotatable bonds is 7. The summed E-state index contributed by atoms with van der Waals surface area (Å²) in [6.45, 7) is 5.64. The zero-order valence-corrected chi connectivity index (χ0v) is 16.4. The first kappa shape index (κ1) is 19.4. The summed E-state index contributed by atoms with van der Waals surface area (Å²) in [5.74, 6) is 0.0528. The van der Waals surface area contributed by atoms with E-state index in [9.17, 15) is 9.59 Å². The first-order chi connectivity index (χ1) is 13.2. The van der Waals surface area contributed by atoms with E-state index in [1.165, 1.54) is 0 Å². The maximum atomic E-state index is 13.2. The smallest absolute Gasteiger partial charge is 0.290 e. The van der Waals surface area contributed by atoms with E-state index in [1.54, 1.807) is 4.40 Å². The number of nitrogens with one attached hydrogen (secondary N) is 1. The molecule has 1 unspecified atom stereocenters. The molecule has 146 valence electrons. The third-order valence-corrected chi connectivity index (χ3v) is 5.38. The van der Waals surface area contributed by atoms with Crippen LogP contribution >= 0.6 is 0 Å². The minimum atomic E-state index is -0.209. The first-order valence-corrected chi connectivity index (χ1v) is 10.2. The van der Waals surface area contributed by atoms with Crippen molar-refractivity contribution in [3.8, 4) is 0 Å². The van der Waals surface area contributed by atoms with Gasteiger partial charge in [-0.3, -0.25) is 14.0 Å². The van der Waals surface area contributed by atoms with Crippen LogP contribution in [0.1, 0.15) is 79.9 Å². The minimum Gasteiger partial charge on any atom is -0.351 e. The van der Waals surface area contributed by atoms with Gasteiger partial charge < -0.3 is 10.2 Å². The van der Waals surface area contributed by atoms with E-state index >= 15 is 0 Å². The molecule has 1 aliphatic heterocycles. The van der Waals surface area contributed by atoms with Crippen molar-refractivity contribution in [2.75, 3.05) is 13.1 Å². The first-order valence-electron chi connectivity index (χ1n) is 10.2. The lowest BCUT2D eigenvalue weighted by molar-refractivity contribution is 0.0594. The summed E-state index contributed by atoms with van der Waals surface area (Å²) >= 11 is 0. The molecule has 6 heteroatoms. The van der Waals surface area contributed by atoms with Crippen molar-refractivity contribution in [1.82, 2.24) is 19.6 Å². The number of carbonyl (C=O) groups excluding carboxylic acids is 2. The number of nitrogens with zero attached hydrogens (tertiary/aromatic N) is 3. The Morgan fingerprint density at radius 2 is 2.07 bits per heavy atom. The SMILES string of the molecule is CCCCCNC(=O)c1nc(C(=O)N2CCCCC2CC)n2ccccc12. The van der Waals surface area contributed by atoms with E-state index in [-0.39, 0.29) is 17.9 Å². The second-order valence-electron chi connectivity index (χ2n) is 7.26. The second-order valence-corrected chi connectivity index (χ2v) is 7.26. The third kappa shape index (κ3) is 4.15. The molecule has 1 N–H and O–H groups in total. The summed E-state index contributed by atoms with van der Waals surface area (Å²) in [5, 5.41) is 2.94. The molecule has 0 aromatic carbocycles. The molecule has 1 saturated heterocycles. The van der Waals surface area contributed by atoms with Gasteiger partial charge in [0.2, 0.25) is 5.82 Å². The van der Waals surface area contributed by atoms with E-state index in [0.29, 0.717) is 23.6 Å². The molecule has 27 heavy (non-hydrogen) atoms. The number of hydrogen-bond acceptors (Lipinski definition) is 3. The zero-order valence-electron chi connectivity index (χ0n) is 16.4. The lowest BCUT2D eigenvalue weighted by Crippen LogP contribution is -2.44. The predicted octanol–water partition coefficient (Wildman–Crippen LogP) is 3.66. The fourth-order valence-corrected chi connectivity index (χ4v) is 3.84. The van der Waals surface area contributed by atoms with Crippen LogP contribution in [0.3, 0.4) is 0 Å². The van der Waals surface area contributed by atoms with Gasteiger partial charge in [-0.25, -0.2) is 4.98 Å². The fourth-order valence-electron chi connectivity index (χ4n) is 3.84. The molecule has 0 aliphatic carbocycles. The van der Waals surface area contributed by atoms with Gasteiger partial charge in [-0.15, -0.1) is 0 Å². The summed E-state index contributed by atoms with van der Waals surface area (Å²) in [6, 6.07) is 5.84. The molecule has 0 radical (unpaired) electrons. The Labute approximate surface area is 161 Å². The number of imidazole rings is 1. The van der Waals surface area contributed by atoms with Crippen LogP contribution in [0.4, 0.5) is 0 Å². The summed E-state index contributed by atoms with van der Waals surface area (Å²) in [5.41, 5.74) is 1.01. The van der Waals surface area contributed by atoms with Gasteiger partial charge in [-0.05, 0) is 44.2 Å². The summed E-state index contributed by atoms with van der Waals surface area (Å²) in [6.07, 6.45) is 9.13. The fraction of sp³-hybridized carbons (Fsp3) is 0.571. The maximum Gasteiger partial charge on any atom is 0.290 e. The van der Waals surface area contributed by atoms with Crippen LogP contribution in [0.15, 0.2) is 24.4 Å². The highest BCUT2D eigenvalue weighted by molar-refractivity contribution is 6.02. The van der Waals surface area contributed by atoms with Crippen molar-refractivity contribution in [1.29, 1.82) is 0 Å². The monoisotopic (exact) mass is 370 g/mol. The average molecular weight is 370 g/mol. The molecular weight excluding hydrogens is 340 g/mol. The van der Waals surface area contributed by atoms with E-state index in [4.69, 9.17) is 0 Å². The Hall–Kier alpha value is -2.37. The number of likely N-dealkylation sites (tertiary alicyclic amines) is 1. The number of fused-ring (bicyclic) bond motifs is 1. The van der Waals surface area contributed by atoms with Crippen LogP contribution in [0.2, 0.25) is 0 Å². The summed E-state index contributed by atoms with van der Waals surface area (Å²) in [4.78, 5) is 32.3. The standard InChI is InChI=1S/C21H30N4O2/c1-3-5-8-13-22-20(26)18-17-12-7-10-15-25(17)19(23-18)21(27)24-14-9-6-11-16(24)4-2/h7,10,12,15-16H,3-6,8-9,11,13-14H2,1-2H3,(H,22,26). The lowest BCUT2D eigenvalue weighted by atomic mass is 10.00. The normalized spacial score (nSPS) is 17.3. The largest absolute Gasteiger partial charge is 0.351 e. The van der Waals surface area contributed by atoms with E-state index in [2.05, 4.69) is 24.1 Å². The molecule has 2 aromatic rings. The van der Waals surface area contributed by atoms with Gasteiger partial charge in [0.1, 0.15) is 0 Å². The molecule has 2 amide bonds. The predicted molar refractivity (Wildman–Crippen MR) is 106 cm³/mol. The quantitative estimate of drug-likeness (QED) is 0.757. The van der Waals surface area contributed by atoms with Gasteiger partial charge in [0, 0.05) is 25.3 Å². The van der Waals surface area contributed by atoms with Crippen molar-refractivity contribution in [2.24, 2.45) is 0 Å². The topological polar surface area (TPSA) is 66.7 Å². The molecule has 0 saturated carbocycles. The number of unbranched alkanes of at least 4 members (excludes halogenated alkanes) is 2. The Balaban J connectivity index is 1.88. The summed E-state index contributed by atoms with van der Waals surface area (Å²) in [7, 11) is 0. The molecule has 0 bridgehead atoms. The number of hydrogen-bond donors (Lipinski definition) is 1. The Kier molecular flexibility index (Phi) is 6.48. The number of carbonyl (C=O) groups is 2. The van der Waals surface area contributed by atoms with Crippen molar-refractivity contribution < 1.29 is 9.59 Å². The van der Waals surface area contributed by atoms with E-state index in [1.807, 2.05) is 29.3 Å². The maximum absolute atomic E-state index is 13.2. The van der Waals surface area contributed by atoms with Crippen LogP contribution in [-0.4, -0.2) is 45.2 Å². The van der Waals surface area contributed by atoms with Crippen LogP contribution < -0.4 is 5.32 Å². The van der Waals surface area contributed by atoms with Gasteiger partial charge >= 0.3 is 0 Å². The molecule has 6 nitrogen and oxygen atoms in total. The molecule has 3 heterocycles. The average Bonchev–Trinajstić information content (AvgIpc) is 3.10. The lowest BCUT2D eigenvalue weighted by Gasteiger charge is -2.34. The van der Waals surface area contributed by atoms with Crippen molar-refractivity contribution in [2.45, 2.75) is 64.8 Å². The van der Waals surface area contributed by atoms with Crippen LogP contribution in [-0.2, 0) is 0 Å². The minimum absolute atomic E-state index is 0.0761. The third-order valence-electron chi connectivity index (χ3n) is 5.38. The van der Waals surface area contributed by atoms with Gasteiger partial charge in [-0.1, -0.05) is 32.8 Å². The van der Waals surface area contributed by atoms with Crippen LogP contribution in [0.25, 0.3) is 5.52 Å². The van der Waals surface area contributed by atoms with E-state index < -0.39 is 0 Å². The number of amides is 2. The number of aromatic nitrogens is 2. The van der Waals surface area contributed by atoms with Crippen molar-refractivity contribution >= 4 is 17.3 Å². The highest BCUT2D eigenvalue weighted by Gasteiger charge is 2.30. The van der Waals surface area contributed by atoms with Crippen molar-refractivity contribution in [3.05, 3.63) is 35.9 Å². The van der Waals surface area contributed by atoms with Gasteiger partial charge in [0.15, 0.2) is 5.69 Å². The van der Waals surface area contributed by atoms with Crippen LogP contribution in [0, 0.1) is 0 Å². The molecule has 2 aromatic heterocycles. The van der Waals surface area contributed by atoms with Gasteiger partial charge in [0.05, 0.1) is 5.52 Å². The molecule has 3 rings (SSSR count).